The first-order chi connectivity index (χ1) is 14.4. The molecule has 0 aliphatic rings. The second-order valence-electron chi connectivity index (χ2n) is 7.25. The molecule has 0 aliphatic carbocycles. The number of carbonyl (C=O) groups is 1. The number of nitrogens with zero attached hydrogens (tertiary/aromatic N) is 3. The van der Waals surface area contributed by atoms with Gasteiger partial charge in [0.25, 0.3) is 0 Å². The largest absolute Gasteiger partial charge is 0.459 e. The van der Waals surface area contributed by atoms with E-state index in [1.807, 2.05) is 37.3 Å². The van der Waals surface area contributed by atoms with E-state index < -0.39 is 18.6 Å². The molecule has 4 rings (SSSR count). The van der Waals surface area contributed by atoms with Gasteiger partial charge in [-0.3, -0.25) is 4.57 Å². The summed E-state index contributed by atoms with van der Waals surface area (Å²) in [6.07, 6.45) is 0. The zero-order valence-electron chi connectivity index (χ0n) is 16.8. The lowest BCUT2D eigenvalue weighted by molar-refractivity contribution is 0.0697. The first kappa shape index (κ1) is 19.9. The van der Waals surface area contributed by atoms with Gasteiger partial charge in [-0.05, 0) is 38.1 Å². The van der Waals surface area contributed by atoms with Crippen LogP contribution in [0.25, 0.3) is 22.0 Å². The molecule has 4 aromatic rings. The number of nitrogens with one attached hydrogen (secondary N) is 1. The van der Waals surface area contributed by atoms with Crippen LogP contribution in [0.1, 0.15) is 44.1 Å². The lowest BCUT2D eigenvalue weighted by atomic mass is 10.2. The normalized spacial score (nSPS) is 13.7. The van der Waals surface area contributed by atoms with E-state index in [4.69, 9.17) is 4.42 Å². The molecule has 2 aromatic heterocycles. The monoisotopic (exact) mass is 412 g/mol. The molecule has 30 heavy (non-hydrogen) atoms. The van der Waals surface area contributed by atoms with E-state index in [9.17, 15) is 13.6 Å². The minimum atomic E-state index is -2.76. The average Bonchev–Trinajstić information content (AvgIpc) is 3.34. The Hall–Kier alpha value is -3.42. The van der Waals surface area contributed by atoms with Crippen LogP contribution in [0.15, 0.2) is 59.0 Å². The summed E-state index contributed by atoms with van der Waals surface area (Å²) >= 11 is 0. The van der Waals surface area contributed by atoms with Gasteiger partial charge in [-0.25, -0.2) is 9.78 Å². The minimum Gasteiger partial charge on any atom is -0.459 e. The van der Waals surface area contributed by atoms with Gasteiger partial charge in [-0.1, -0.05) is 30.3 Å². The number of aromatic nitrogens is 2. The predicted octanol–water partition coefficient (Wildman–Crippen LogP) is 5.64. The third-order valence-electron chi connectivity index (χ3n) is 5.30. The topological polar surface area (TPSA) is 63.3 Å². The van der Waals surface area contributed by atoms with E-state index in [0.29, 0.717) is 16.8 Å². The molecule has 0 saturated heterocycles. The fourth-order valence-corrected chi connectivity index (χ4v) is 3.50. The molecule has 0 saturated carbocycles. The first-order valence-electron chi connectivity index (χ1n) is 9.63. The second-order valence-corrected chi connectivity index (χ2v) is 7.25. The molecule has 0 radical (unpaired) electrons. The molecule has 2 amide bonds. The van der Waals surface area contributed by atoms with Crippen LogP contribution >= 0.6 is 0 Å². The van der Waals surface area contributed by atoms with Crippen molar-refractivity contribution < 1.29 is 18.0 Å². The maximum Gasteiger partial charge on any atom is 0.320 e. The van der Waals surface area contributed by atoms with E-state index in [2.05, 4.69) is 10.3 Å². The van der Waals surface area contributed by atoms with Crippen LogP contribution in [0.3, 0.4) is 0 Å². The van der Waals surface area contributed by atoms with Crippen molar-refractivity contribution in [1.29, 1.82) is 0 Å². The molecule has 1 N–H and O–H groups in total. The second kappa shape index (κ2) is 7.78. The number of halogens is 2. The first-order valence-corrected chi connectivity index (χ1v) is 9.63. The van der Waals surface area contributed by atoms with Gasteiger partial charge in [0, 0.05) is 12.4 Å². The number of imidazole rings is 1. The standard InChI is InChI=1S/C22H22F2N4O2/c1-13(20-26-16-9-5-6-10-17(16)28(20)21(23)24)25-22(29)27(3)14(2)19-12-15-8-4-7-11-18(15)30-19/h4-14,21H,1-3H3,(H,25,29)/t13-,14-/m0/s1. The number of urea groups is 1. The Labute approximate surface area is 172 Å². The summed E-state index contributed by atoms with van der Waals surface area (Å²) in [4.78, 5) is 18.6. The molecule has 8 heteroatoms. The number of alkyl halides is 2. The molecular formula is C22H22F2N4O2. The number of amides is 2. The van der Waals surface area contributed by atoms with Gasteiger partial charge in [-0.2, -0.15) is 8.78 Å². The molecule has 0 bridgehead atoms. The summed E-state index contributed by atoms with van der Waals surface area (Å²) in [6.45, 7) is 0.715. The van der Waals surface area contributed by atoms with Gasteiger partial charge in [0.15, 0.2) is 0 Å². The van der Waals surface area contributed by atoms with E-state index in [1.165, 1.54) is 4.90 Å². The van der Waals surface area contributed by atoms with E-state index >= 15 is 0 Å². The van der Waals surface area contributed by atoms with E-state index in [-0.39, 0.29) is 11.9 Å². The molecule has 156 valence electrons. The number of benzene rings is 2. The van der Waals surface area contributed by atoms with Crippen molar-refractivity contribution in [3.63, 3.8) is 0 Å². The Balaban J connectivity index is 1.54. The molecule has 0 unspecified atom stereocenters. The molecule has 0 aliphatic heterocycles. The maximum atomic E-state index is 13.7. The highest BCUT2D eigenvalue weighted by Crippen LogP contribution is 2.29. The summed E-state index contributed by atoms with van der Waals surface area (Å²) in [5, 5.41) is 3.72. The van der Waals surface area contributed by atoms with Gasteiger partial charge in [0.05, 0.1) is 23.1 Å². The van der Waals surface area contributed by atoms with E-state index in [0.717, 1.165) is 15.5 Å². The molecular weight excluding hydrogens is 390 g/mol. The minimum absolute atomic E-state index is 0.101. The highest BCUT2D eigenvalue weighted by molar-refractivity contribution is 5.79. The van der Waals surface area contributed by atoms with Crippen molar-refractivity contribution >= 4 is 28.0 Å². The summed E-state index contributed by atoms with van der Waals surface area (Å²) in [6, 6.07) is 14.7. The van der Waals surface area contributed by atoms with Crippen LogP contribution in [0, 0.1) is 0 Å². The van der Waals surface area contributed by atoms with Crippen LogP contribution in [-0.2, 0) is 0 Å². The molecule has 0 spiro atoms. The van der Waals surface area contributed by atoms with Crippen molar-refractivity contribution in [2.24, 2.45) is 0 Å². The van der Waals surface area contributed by atoms with Gasteiger partial charge in [0.2, 0.25) is 0 Å². The van der Waals surface area contributed by atoms with Crippen LogP contribution in [0.2, 0.25) is 0 Å². The number of rotatable bonds is 5. The van der Waals surface area contributed by atoms with Gasteiger partial charge in [0.1, 0.15) is 17.2 Å². The maximum absolute atomic E-state index is 13.7. The van der Waals surface area contributed by atoms with Crippen molar-refractivity contribution in [3.05, 3.63) is 66.2 Å². The number of para-hydroxylation sites is 3. The third-order valence-corrected chi connectivity index (χ3v) is 5.30. The van der Waals surface area contributed by atoms with Crippen molar-refractivity contribution in [2.75, 3.05) is 7.05 Å². The molecule has 2 heterocycles. The van der Waals surface area contributed by atoms with Gasteiger partial charge >= 0.3 is 12.6 Å². The molecule has 2 aromatic carbocycles. The van der Waals surface area contributed by atoms with Crippen molar-refractivity contribution in [2.45, 2.75) is 32.5 Å². The van der Waals surface area contributed by atoms with E-state index in [1.54, 1.807) is 38.2 Å². The zero-order chi connectivity index (χ0) is 21.4. The predicted molar refractivity (Wildman–Crippen MR) is 110 cm³/mol. The Bertz CT molecular complexity index is 1170. The average molecular weight is 412 g/mol. The van der Waals surface area contributed by atoms with Gasteiger partial charge < -0.3 is 14.6 Å². The highest BCUT2D eigenvalue weighted by atomic mass is 19.3. The lowest BCUT2D eigenvalue weighted by Crippen LogP contribution is -2.40. The fourth-order valence-electron chi connectivity index (χ4n) is 3.50. The highest BCUT2D eigenvalue weighted by Gasteiger charge is 2.26. The van der Waals surface area contributed by atoms with Crippen LogP contribution in [0.5, 0.6) is 0 Å². The Morgan fingerprint density at radius 2 is 1.83 bits per heavy atom. The molecule has 2 atom stereocenters. The molecule has 6 nitrogen and oxygen atoms in total. The quantitative estimate of drug-likeness (QED) is 0.461. The summed E-state index contributed by atoms with van der Waals surface area (Å²) in [5.74, 6) is 0.741. The Morgan fingerprint density at radius 3 is 2.57 bits per heavy atom. The number of hydrogen-bond donors (Lipinski definition) is 1. The SMILES string of the molecule is C[C@H](NC(=O)N(C)[C@@H](C)c1cc2ccccc2o1)c1nc2ccccc2n1C(F)F. The van der Waals surface area contributed by atoms with Crippen molar-refractivity contribution in [3.8, 4) is 0 Å². The molecule has 0 fully saturated rings. The lowest BCUT2D eigenvalue weighted by Gasteiger charge is -2.25. The van der Waals surface area contributed by atoms with Crippen molar-refractivity contribution in [1.82, 2.24) is 19.8 Å². The fraction of sp³-hybridized carbons (Fsp3) is 0.273. The smallest absolute Gasteiger partial charge is 0.320 e. The van der Waals surface area contributed by atoms with Gasteiger partial charge in [-0.15, -0.1) is 0 Å². The number of furan rings is 1. The zero-order valence-corrected chi connectivity index (χ0v) is 16.8. The summed E-state index contributed by atoms with van der Waals surface area (Å²) in [7, 11) is 1.63. The Morgan fingerprint density at radius 1 is 1.13 bits per heavy atom. The van der Waals surface area contributed by atoms with Crippen LogP contribution < -0.4 is 5.32 Å². The summed E-state index contributed by atoms with van der Waals surface area (Å²) < 4.78 is 34.1. The Kier molecular flexibility index (Phi) is 5.15. The van der Waals surface area contributed by atoms with Crippen LogP contribution in [0.4, 0.5) is 13.6 Å². The number of carbonyl (C=O) groups excluding carboxylic acids is 1. The number of hydrogen-bond acceptors (Lipinski definition) is 3. The third kappa shape index (κ3) is 3.49. The van der Waals surface area contributed by atoms with Crippen LogP contribution in [-0.4, -0.2) is 27.5 Å². The summed E-state index contributed by atoms with van der Waals surface area (Å²) in [5.41, 5.74) is 1.53. The number of fused-ring (bicyclic) bond motifs is 2.